The maximum Gasteiger partial charge on any atom is 0.257 e. The standard InChI is InChI=1S/C21H21N3O2S/c25-20(14-27-21-22-18-7-3-4-8-19(18)26-21)24-12-17(13-24)23-10-9-15-5-1-2-6-16(15)11-23/h1-8,17H,9-14H2. The first-order valence-electron chi connectivity index (χ1n) is 9.33. The average Bonchev–Trinajstić information content (AvgIpc) is 3.08. The van der Waals surface area contributed by atoms with E-state index in [1.807, 2.05) is 29.2 Å². The van der Waals surface area contributed by atoms with Crippen molar-refractivity contribution in [2.75, 3.05) is 25.4 Å². The zero-order valence-corrected chi connectivity index (χ0v) is 15.8. The van der Waals surface area contributed by atoms with Gasteiger partial charge in [-0.25, -0.2) is 4.98 Å². The second-order valence-electron chi connectivity index (χ2n) is 7.18. The van der Waals surface area contributed by atoms with E-state index in [2.05, 4.69) is 34.1 Å². The van der Waals surface area contributed by atoms with Crippen LogP contribution in [0.2, 0.25) is 0 Å². The summed E-state index contributed by atoms with van der Waals surface area (Å²) in [5.41, 5.74) is 4.50. The lowest BCUT2D eigenvalue weighted by atomic mass is 9.96. The summed E-state index contributed by atoms with van der Waals surface area (Å²) in [6, 6.07) is 16.8. The first kappa shape index (κ1) is 16.8. The number of fused-ring (bicyclic) bond motifs is 2. The Morgan fingerprint density at radius 3 is 2.74 bits per heavy atom. The van der Waals surface area contributed by atoms with Gasteiger partial charge < -0.3 is 9.32 Å². The molecule has 0 N–H and O–H groups in total. The predicted octanol–water partition coefficient (Wildman–Crippen LogP) is 3.19. The van der Waals surface area contributed by atoms with Crippen molar-refractivity contribution in [3.63, 3.8) is 0 Å². The van der Waals surface area contributed by atoms with E-state index in [-0.39, 0.29) is 5.91 Å². The van der Waals surface area contributed by atoms with Crippen molar-refractivity contribution in [1.82, 2.24) is 14.8 Å². The molecule has 1 amide bonds. The Kier molecular flexibility index (Phi) is 4.38. The van der Waals surface area contributed by atoms with Gasteiger partial charge in [-0.3, -0.25) is 9.69 Å². The Hall–Kier alpha value is -2.31. The van der Waals surface area contributed by atoms with E-state index in [9.17, 15) is 4.79 Å². The molecule has 0 bridgehead atoms. The summed E-state index contributed by atoms with van der Waals surface area (Å²) < 4.78 is 5.67. The summed E-state index contributed by atoms with van der Waals surface area (Å²) in [6.07, 6.45) is 1.11. The Morgan fingerprint density at radius 1 is 1.11 bits per heavy atom. The fourth-order valence-electron chi connectivity index (χ4n) is 3.85. The largest absolute Gasteiger partial charge is 0.431 e. The Morgan fingerprint density at radius 2 is 1.89 bits per heavy atom. The second-order valence-corrected chi connectivity index (χ2v) is 8.10. The molecular weight excluding hydrogens is 358 g/mol. The molecule has 5 nitrogen and oxygen atoms in total. The van der Waals surface area contributed by atoms with Gasteiger partial charge in [0, 0.05) is 32.2 Å². The summed E-state index contributed by atoms with van der Waals surface area (Å²) >= 11 is 1.38. The van der Waals surface area contributed by atoms with Gasteiger partial charge in [0.05, 0.1) is 5.75 Å². The number of hydrogen-bond donors (Lipinski definition) is 0. The quantitative estimate of drug-likeness (QED) is 0.652. The van der Waals surface area contributed by atoms with Crippen LogP contribution in [0, 0.1) is 0 Å². The summed E-state index contributed by atoms with van der Waals surface area (Å²) in [7, 11) is 0. The van der Waals surface area contributed by atoms with Crippen LogP contribution in [0.1, 0.15) is 11.1 Å². The van der Waals surface area contributed by atoms with Gasteiger partial charge in [-0.15, -0.1) is 0 Å². The SMILES string of the molecule is O=C(CSc1nc2ccccc2o1)N1CC(N2CCc3ccccc3C2)C1. The highest BCUT2D eigenvalue weighted by atomic mass is 32.2. The number of benzene rings is 2. The van der Waals surface area contributed by atoms with E-state index < -0.39 is 0 Å². The molecule has 3 heterocycles. The van der Waals surface area contributed by atoms with Gasteiger partial charge in [-0.05, 0) is 29.7 Å². The van der Waals surface area contributed by atoms with E-state index in [0.717, 1.165) is 43.7 Å². The average molecular weight is 379 g/mol. The van der Waals surface area contributed by atoms with Gasteiger partial charge in [-0.2, -0.15) is 0 Å². The van der Waals surface area contributed by atoms with Crippen LogP contribution in [-0.4, -0.2) is 52.1 Å². The molecule has 0 unspecified atom stereocenters. The van der Waals surface area contributed by atoms with E-state index in [0.29, 0.717) is 17.0 Å². The predicted molar refractivity (Wildman–Crippen MR) is 106 cm³/mol. The number of para-hydroxylation sites is 2. The first-order valence-corrected chi connectivity index (χ1v) is 10.3. The molecule has 6 heteroatoms. The Bertz CT molecular complexity index is 947. The number of nitrogens with zero attached hydrogens (tertiary/aromatic N) is 3. The highest BCUT2D eigenvalue weighted by Gasteiger charge is 2.35. The number of likely N-dealkylation sites (tertiary alicyclic amines) is 1. The first-order chi connectivity index (χ1) is 13.3. The van der Waals surface area contributed by atoms with Crippen LogP contribution < -0.4 is 0 Å². The lowest BCUT2D eigenvalue weighted by Gasteiger charge is -2.46. The minimum atomic E-state index is 0.163. The Labute approximate surface area is 162 Å². The summed E-state index contributed by atoms with van der Waals surface area (Å²) in [6.45, 7) is 3.74. The fourth-order valence-corrected chi connectivity index (χ4v) is 4.59. The molecule has 3 aromatic rings. The Balaban J connectivity index is 1.13. The van der Waals surface area contributed by atoms with Crippen molar-refractivity contribution in [1.29, 1.82) is 0 Å². The molecule has 0 spiro atoms. The smallest absolute Gasteiger partial charge is 0.257 e. The molecule has 138 valence electrons. The van der Waals surface area contributed by atoms with Gasteiger partial charge in [0.25, 0.3) is 5.22 Å². The third-order valence-corrected chi connectivity index (χ3v) is 6.30. The molecule has 5 rings (SSSR count). The molecule has 0 radical (unpaired) electrons. The van der Waals surface area contributed by atoms with Crippen molar-refractivity contribution in [2.45, 2.75) is 24.2 Å². The number of carbonyl (C=O) groups excluding carboxylic acids is 1. The maximum absolute atomic E-state index is 12.5. The van der Waals surface area contributed by atoms with Gasteiger partial charge in [0.1, 0.15) is 5.52 Å². The lowest BCUT2D eigenvalue weighted by molar-refractivity contribution is -0.136. The van der Waals surface area contributed by atoms with Gasteiger partial charge in [0.15, 0.2) is 5.58 Å². The third kappa shape index (κ3) is 3.35. The molecular formula is C21H21N3O2S. The molecule has 1 saturated heterocycles. The summed E-state index contributed by atoms with van der Waals surface area (Å²) in [5.74, 6) is 0.540. The highest BCUT2D eigenvalue weighted by molar-refractivity contribution is 7.99. The third-order valence-electron chi connectivity index (χ3n) is 5.48. The van der Waals surface area contributed by atoms with Crippen molar-refractivity contribution in [3.05, 3.63) is 59.7 Å². The molecule has 1 aromatic heterocycles. The van der Waals surface area contributed by atoms with E-state index in [1.54, 1.807) is 0 Å². The van der Waals surface area contributed by atoms with Gasteiger partial charge in [-0.1, -0.05) is 48.2 Å². The number of rotatable bonds is 4. The van der Waals surface area contributed by atoms with Crippen LogP contribution in [0.5, 0.6) is 0 Å². The van der Waals surface area contributed by atoms with Crippen molar-refractivity contribution < 1.29 is 9.21 Å². The van der Waals surface area contributed by atoms with Crippen LogP contribution in [-0.2, 0) is 17.8 Å². The minimum absolute atomic E-state index is 0.163. The van der Waals surface area contributed by atoms with Crippen LogP contribution in [0.25, 0.3) is 11.1 Å². The molecule has 0 atom stereocenters. The molecule has 1 fully saturated rings. The van der Waals surface area contributed by atoms with Crippen LogP contribution >= 0.6 is 11.8 Å². The van der Waals surface area contributed by atoms with Crippen LogP contribution in [0.3, 0.4) is 0 Å². The molecule has 2 aromatic carbocycles. The molecule has 2 aliphatic rings. The number of carbonyl (C=O) groups is 1. The van der Waals surface area contributed by atoms with E-state index in [4.69, 9.17) is 4.42 Å². The topological polar surface area (TPSA) is 49.6 Å². The summed E-state index contributed by atoms with van der Waals surface area (Å²) in [4.78, 5) is 21.3. The van der Waals surface area contributed by atoms with E-state index >= 15 is 0 Å². The summed E-state index contributed by atoms with van der Waals surface area (Å²) in [5, 5.41) is 0.564. The van der Waals surface area contributed by atoms with Crippen molar-refractivity contribution >= 4 is 28.8 Å². The lowest BCUT2D eigenvalue weighted by Crippen LogP contribution is -2.62. The van der Waals surface area contributed by atoms with Crippen LogP contribution in [0.15, 0.2) is 58.2 Å². The number of aromatic nitrogens is 1. The van der Waals surface area contributed by atoms with Gasteiger partial charge in [0.2, 0.25) is 5.91 Å². The fraction of sp³-hybridized carbons (Fsp3) is 0.333. The van der Waals surface area contributed by atoms with E-state index in [1.165, 1.54) is 22.9 Å². The monoisotopic (exact) mass is 379 g/mol. The molecule has 27 heavy (non-hydrogen) atoms. The van der Waals surface area contributed by atoms with Crippen molar-refractivity contribution in [3.8, 4) is 0 Å². The molecule has 0 saturated carbocycles. The minimum Gasteiger partial charge on any atom is -0.431 e. The molecule has 2 aliphatic heterocycles. The highest BCUT2D eigenvalue weighted by Crippen LogP contribution is 2.26. The zero-order valence-electron chi connectivity index (χ0n) is 15.0. The maximum atomic E-state index is 12.5. The second kappa shape index (κ2) is 7.02. The number of thioether (sulfide) groups is 1. The van der Waals surface area contributed by atoms with Gasteiger partial charge >= 0.3 is 0 Å². The normalized spacial score (nSPS) is 17.7. The van der Waals surface area contributed by atoms with Crippen molar-refractivity contribution in [2.24, 2.45) is 0 Å². The number of oxazole rings is 1. The molecule has 0 aliphatic carbocycles. The zero-order chi connectivity index (χ0) is 18.2. The van der Waals surface area contributed by atoms with Crippen LogP contribution in [0.4, 0.5) is 0 Å². The number of amides is 1. The number of hydrogen-bond acceptors (Lipinski definition) is 5.